The van der Waals surface area contributed by atoms with Gasteiger partial charge in [0.05, 0.1) is 20.8 Å². The molecule has 0 radical (unpaired) electrons. The van der Waals surface area contributed by atoms with Crippen LogP contribution in [-0.4, -0.2) is 32.7 Å². The smallest absolute Gasteiger partial charge is 0.341 e. The van der Waals surface area contributed by atoms with Gasteiger partial charge in [0.1, 0.15) is 10.6 Å². The van der Waals surface area contributed by atoms with Crippen LogP contribution in [-0.2, 0) is 4.74 Å². The largest absolute Gasteiger partial charge is 0.493 e. The van der Waals surface area contributed by atoms with Gasteiger partial charge in [0.2, 0.25) is 0 Å². The fourth-order valence-corrected chi connectivity index (χ4v) is 4.42. The number of ether oxygens (including phenoxy) is 3. The number of methoxy groups -OCH3 is 2. The fraction of sp³-hybridized carbons (Fsp3) is 0.217. The van der Waals surface area contributed by atoms with Crippen molar-refractivity contribution in [2.24, 2.45) is 0 Å². The van der Waals surface area contributed by atoms with E-state index in [1.165, 1.54) is 11.3 Å². The molecule has 0 unspecified atom stereocenters. The summed E-state index contributed by atoms with van der Waals surface area (Å²) in [6.07, 6.45) is 0. The number of hydrogen-bond acceptors (Lipinski definition) is 6. The van der Waals surface area contributed by atoms with Crippen LogP contribution >= 0.6 is 22.9 Å². The summed E-state index contributed by atoms with van der Waals surface area (Å²) in [4.78, 5) is 26.5. The van der Waals surface area contributed by atoms with Crippen LogP contribution in [0.2, 0.25) is 5.02 Å². The lowest BCUT2D eigenvalue weighted by molar-refractivity contribution is 0.0529. The number of esters is 1. The average molecular weight is 460 g/mol. The van der Waals surface area contributed by atoms with Gasteiger partial charge in [-0.05, 0) is 49.7 Å². The van der Waals surface area contributed by atoms with Gasteiger partial charge in [0.15, 0.2) is 11.5 Å². The van der Waals surface area contributed by atoms with E-state index in [2.05, 4.69) is 5.32 Å². The topological polar surface area (TPSA) is 73.9 Å². The predicted molar refractivity (Wildman–Crippen MR) is 123 cm³/mol. The predicted octanol–water partition coefficient (Wildman–Crippen LogP) is 5.82. The number of amides is 1. The zero-order chi connectivity index (χ0) is 22.5. The molecule has 0 aliphatic carbocycles. The molecule has 2 aromatic carbocycles. The monoisotopic (exact) mass is 459 g/mol. The van der Waals surface area contributed by atoms with Crippen molar-refractivity contribution in [2.45, 2.75) is 13.8 Å². The quantitative estimate of drug-likeness (QED) is 0.450. The van der Waals surface area contributed by atoms with Gasteiger partial charge in [0, 0.05) is 21.0 Å². The first-order valence-electron chi connectivity index (χ1n) is 9.49. The molecule has 1 N–H and O–H groups in total. The number of nitrogens with one attached hydrogen (secondary N) is 1. The highest BCUT2D eigenvalue weighted by atomic mass is 35.5. The SMILES string of the molecule is CCOC(=O)c1c(NC(=O)c2cccc(Cl)c2)sc(C)c1-c1ccc(OC)c(OC)c1. The molecular weight excluding hydrogens is 438 g/mol. The van der Waals surface area contributed by atoms with E-state index >= 15 is 0 Å². The Morgan fingerprint density at radius 2 is 1.81 bits per heavy atom. The zero-order valence-electron chi connectivity index (χ0n) is 17.6. The summed E-state index contributed by atoms with van der Waals surface area (Å²) in [5, 5.41) is 3.70. The Labute approximate surface area is 189 Å². The lowest BCUT2D eigenvalue weighted by Gasteiger charge is -2.12. The highest BCUT2D eigenvalue weighted by Gasteiger charge is 2.26. The van der Waals surface area contributed by atoms with Crippen LogP contribution in [0.3, 0.4) is 0 Å². The maximum atomic E-state index is 12.9. The van der Waals surface area contributed by atoms with E-state index in [9.17, 15) is 9.59 Å². The Bertz CT molecular complexity index is 1130. The molecule has 3 rings (SSSR count). The van der Waals surface area contributed by atoms with Crippen LogP contribution in [0, 0.1) is 6.92 Å². The molecule has 6 nitrogen and oxygen atoms in total. The first kappa shape index (κ1) is 22.7. The number of hydrogen-bond donors (Lipinski definition) is 1. The van der Waals surface area contributed by atoms with Crippen LogP contribution in [0.15, 0.2) is 42.5 Å². The summed E-state index contributed by atoms with van der Waals surface area (Å²) < 4.78 is 16.0. The van der Waals surface area contributed by atoms with Crippen molar-refractivity contribution in [1.29, 1.82) is 0 Å². The van der Waals surface area contributed by atoms with Crippen LogP contribution in [0.4, 0.5) is 5.00 Å². The van der Waals surface area contributed by atoms with E-state index < -0.39 is 5.97 Å². The summed E-state index contributed by atoms with van der Waals surface area (Å²) in [5.41, 5.74) is 2.11. The number of carbonyl (C=O) groups excluding carboxylic acids is 2. The number of benzene rings is 2. The molecule has 3 aromatic rings. The number of carbonyl (C=O) groups is 2. The van der Waals surface area contributed by atoms with Crippen molar-refractivity contribution < 1.29 is 23.8 Å². The van der Waals surface area contributed by atoms with Gasteiger partial charge >= 0.3 is 5.97 Å². The Hall–Kier alpha value is -3.03. The van der Waals surface area contributed by atoms with Gasteiger partial charge in [-0.25, -0.2) is 4.79 Å². The molecule has 0 spiro atoms. The summed E-state index contributed by atoms with van der Waals surface area (Å²) in [6, 6.07) is 12.0. The van der Waals surface area contributed by atoms with E-state index in [4.69, 9.17) is 25.8 Å². The molecule has 8 heteroatoms. The molecular formula is C23H22ClNO5S. The summed E-state index contributed by atoms with van der Waals surface area (Å²) in [5.74, 6) is 0.224. The number of halogens is 1. The van der Waals surface area contributed by atoms with Gasteiger partial charge in [-0.1, -0.05) is 23.7 Å². The minimum absolute atomic E-state index is 0.209. The first-order valence-corrected chi connectivity index (χ1v) is 10.7. The molecule has 0 saturated heterocycles. The number of aryl methyl sites for hydroxylation is 1. The highest BCUT2D eigenvalue weighted by Crippen LogP contribution is 2.43. The van der Waals surface area contributed by atoms with Gasteiger partial charge in [-0.2, -0.15) is 0 Å². The molecule has 31 heavy (non-hydrogen) atoms. The van der Waals surface area contributed by atoms with Crippen molar-refractivity contribution in [1.82, 2.24) is 0 Å². The van der Waals surface area contributed by atoms with Crippen molar-refractivity contribution >= 4 is 39.8 Å². The molecule has 0 bridgehead atoms. The zero-order valence-corrected chi connectivity index (χ0v) is 19.1. The standard InChI is InChI=1S/C23H22ClNO5S/c1-5-30-23(27)20-19(14-9-10-17(28-3)18(12-14)29-4)13(2)31-22(20)25-21(26)15-7-6-8-16(24)11-15/h6-12H,5H2,1-4H3,(H,25,26). The van der Waals surface area contributed by atoms with Crippen LogP contribution in [0.5, 0.6) is 11.5 Å². The van der Waals surface area contributed by atoms with E-state index in [0.717, 1.165) is 10.4 Å². The molecule has 0 fully saturated rings. The molecule has 0 aliphatic rings. The van der Waals surface area contributed by atoms with Gasteiger partial charge < -0.3 is 19.5 Å². The van der Waals surface area contributed by atoms with Gasteiger partial charge in [0.25, 0.3) is 5.91 Å². The van der Waals surface area contributed by atoms with E-state index in [1.54, 1.807) is 57.5 Å². The average Bonchev–Trinajstić information content (AvgIpc) is 3.08. The fourth-order valence-electron chi connectivity index (χ4n) is 3.18. The van der Waals surface area contributed by atoms with Crippen molar-refractivity contribution in [3.05, 3.63) is 63.5 Å². The minimum atomic E-state index is -0.516. The first-order chi connectivity index (χ1) is 14.9. The second-order valence-electron chi connectivity index (χ2n) is 6.49. The molecule has 0 aliphatic heterocycles. The van der Waals surface area contributed by atoms with Crippen molar-refractivity contribution in [2.75, 3.05) is 26.1 Å². The molecule has 0 saturated carbocycles. The lowest BCUT2D eigenvalue weighted by Crippen LogP contribution is -2.14. The molecule has 1 heterocycles. The van der Waals surface area contributed by atoms with Crippen LogP contribution in [0.1, 0.15) is 32.5 Å². The number of anilines is 1. The van der Waals surface area contributed by atoms with Gasteiger partial charge in [-0.3, -0.25) is 4.79 Å². The Balaban J connectivity index is 2.09. The number of rotatable bonds is 7. The van der Waals surface area contributed by atoms with Crippen molar-refractivity contribution in [3.8, 4) is 22.6 Å². The molecule has 0 atom stereocenters. The number of thiophene rings is 1. The van der Waals surface area contributed by atoms with E-state index in [0.29, 0.717) is 38.2 Å². The third kappa shape index (κ3) is 4.84. The third-order valence-electron chi connectivity index (χ3n) is 4.55. The summed E-state index contributed by atoms with van der Waals surface area (Å²) in [6.45, 7) is 3.83. The Morgan fingerprint density at radius 3 is 2.45 bits per heavy atom. The lowest BCUT2D eigenvalue weighted by atomic mass is 10.0. The van der Waals surface area contributed by atoms with E-state index in [-0.39, 0.29) is 12.5 Å². The maximum Gasteiger partial charge on any atom is 0.341 e. The third-order valence-corrected chi connectivity index (χ3v) is 5.81. The second-order valence-corrected chi connectivity index (χ2v) is 8.15. The summed E-state index contributed by atoms with van der Waals surface area (Å²) in [7, 11) is 3.10. The maximum absolute atomic E-state index is 12.9. The van der Waals surface area contributed by atoms with Gasteiger partial charge in [-0.15, -0.1) is 11.3 Å². The van der Waals surface area contributed by atoms with Crippen LogP contribution < -0.4 is 14.8 Å². The normalized spacial score (nSPS) is 10.5. The minimum Gasteiger partial charge on any atom is -0.493 e. The van der Waals surface area contributed by atoms with E-state index in [1.807, 2.05) is 13.0 Å². The Kier molecular flexibility index (Phi) is 7.20. The highest BCUT2D eigenvalue weighted by molar-refractivity contribution is 7.17. The Morgan fingerprint density at radius 1 is 1.06 bits per heavy atom. The molecule has 162 valence electrons. The second kappa shape index (κ2) is 9.85. The molecule has 1 aromatic heterocycles. The van der Waals surface area contributed by atoms with Crippen LogP contribution in [0.25, 0.3) is 11.1 Å². The van der Waals surface area contributed by atoms with Crippen molar-refractivity contribution in [3.63, 3.8) is 0 Å². The summed E-state index contributed by atoms with van der Waals surface area (Å²) >= 11 is 7.31. The molecule has 1 amide bonds.